The Balaban J connectivity index is 1.90. The second-order valence-electron chi connectivity index (χ2n) is 6.08. The lowest BCUT2D eigenvalue weighted by Gasteiger charge is -2.27. The SMILES string of the molecule is C=CCC1(c2ccccc2)CN(C(C)c2ccc(Br)cc2)C(=O)O1. The Bertz CT molecular complexity index is 729. The molecule has 0 spiro atoms. The maximum absolute atomic E-state index is 12.6. The number of halogens is 1. The minimum Gasteiger partial charge on any atom is -0.436 e. The first-order chi connectivity index (χ1) is 11.6. The van der Waals surface area contributed by atoms with Gasteiger partial charge in [-0.05, 0) is 30.2 Å². The van der Waals surface area contributed by atoms with E-state index in [2.05, 4.69) is 22.5 Å². The summed E-state index contributed by atoms with van der Waals surface area (Å²) in [7, 11) is 0. The molecule has 1 amide bonds. The predicted molar refractivity (Wildman–Crippen MR) is 98.7 cm³/mol. The van der Waals surface area contributed by atoms with E-state index in [0.29, 0.717) is 13.0 Å². The second kappa shape index (κ2) is 6.81. The van der Waals surface area contributed by atoms with Crippen LogP contribution >= 0.6 is 15.9 Å². The molecule has 1 aliphatic heterocycles. The van der Waals surface area contributed by atoms with Gasteiger partial charge < -0.3 is 4.74 Å². The van der Waals surface area contributed by atoms with E-state index < -0.39 is 5.60 Å². The molecule has 0 radical (unpaired) electrons. The number of cyclic esters (lactones) is 1. The molecule has 0 aromatic heterocycles. The van der Waals surface area contributed by atoms with Gasteiger partial charge in [0.15, 0.2) is 5.60 Å². The van der Waals surface area contributed by atoms with Gasteiger partial charge in [-0.25, -0.2) is 4.79 Å². The molecule has 2 aromatic carbocycles. The zero-order valence-electron chi connectivity index (χ0n) is 13.6. The van der Waals surface area contributed by atoms with E-state index in [1.807, 2.05) is 67.6 Å². The van der Waals surface area contributed by atoms with Crippen molar-refractivity contribution in [1.82, 2.24) is 4.90 Å². The number of nitrogens with zero attached hydrogens (tertiary/aromatic N) is 1. The highest BCUT2D eigenvalue weighted by Gasteiger charge is 2.47. The third-order valence-electron chi connectivity index (χ3n) is 4.54. The molecule has 1 aliphatic rings. The standard InChI is InChI=1S/C20H20BrNO2/c1-3-13-20(17-7-5-4-6-8-17)14-22(19(23)24-20)15(2)16-9-11-18(21)12-10-16/h3-12,15H,1,13-14H2,2H3. The van der Waals surface area contributed by atoms with E-state index in [9.17, 15) is 4.79 Å². The fourth-order valence-corrected chi connectivity index (χ4v) is 3.43. The van der Waals surface area contributed by atoms with E-state index in [1.54, 1.807) is 4.90 Å². The van der Waals surface area contributed by atoms with Gasteiger partial charge >= 0.3 is 6.09 Å². The van der Waals surface area contributed by atoms with Crippen molar-refractivity contribution in [3.8, 4) is 0 Å². The van der Waals surface area contributed by atoms with E-state index in [-0.39, 0.29) is 12.1 Å². The fourth-order valence-electron chi connectivity index (χ4n) is 3.16. The molecule has 3 rings (SSSR count). The lowest BCUT2D eigenvalue weighted by molar-refractivity contribution is 0.0568. The third-order valence-corrected chi connectivity index (χ3v) is 5.07. The highest BCUT2D eigenvalue weighted by atomic mass is 79.9. The summed E-state index contributed by atoms with van der Waals surface area (Å²) in [6.45, 7) is 6.38. The number of ether oxygens (including phenoxy) is 1. The molecule has 24 heavy (non-hydrogen) atoms. The molecule has 0 N–H and O–H groups in total. The Morgan fingerprint density at radius 1 is 1.25 bits per heavy atom. The van der Waals surface area contributed by atoms with Crippen LogP contribution in [0.3, 0.4) is 0 Å². The van der Waals surface area contributed by atoms with Gasteiger partial charge in [0.1, 0.15) is 0 Å². The Morgan fingerprint density at radius 2 is 1.92 bits per heavy atom. The minimum atomic E-state index is -0.663. The molecule has 2 atom stereocenters. The molecule has 0 bridgehead atoms. The zero-order valence-corrected chi connectivity index (χ0v) is 15.2. The van der Waals surface area contributed by atoms with Crippen molar-refractivity contribution < 1.29 is 9.53 Å². The Labute approximate surface area is 151 Å². The maximum atomic E-state index is 12.6. The van der Waals surface area contributed by atoms with Crippen molar-refractivity contribution in [3.63, 3.8) is 0 Å². The summed E-state index contributed by atoms with van der Waals surface area (Å²) in [6.07, 6.45) is 2.12. The zero-order chi connectivity index (χ0) is 17.2. The van der Waals surface area contributed by atoms with Crippen LogP contribution in [-0.4, -0.2) is 17.5 Å². The lowest BCUT2D eigenvalue weighted by atomic mass is 9.90. The number of rotatable bonds is 5. The van der Waals surface area contributed by atoms with Gasteiger partial charge in [0.05, 0.1) is 12.6 Å². The second-order valence-corrected chi connectivity index (χ2v) is 6.99. The summed E-state index contributed by atoms with van der Waals surface area (Å²) < 4.78 is 6.88. The molecular weight excluding hydrogens is 366 g/mol. The van der Waals surface area contributed by atoms with Crippen LogP contribution in [0, 0.1) is 0 Å². The van der Waals surface area contributed by atoms with Crippen molar-refractivity contribution in [2.24, 2.45) is 0 Å². The summed E-state index contributed by atoms with van der Waals surface area (Å²) in [4.78, 5) is 14.4. The van der Waals surface area contributed by atoms with E-state index >= 15 is 0 Å². The van der Waals surface area contributed by atoms with Crippen LogP contribution in [0.2, 0.25) is 0 Å². The molecule has 0 aliphatic carbocycles. The van der Waals surface area contributed by atoms with Crippen molar-refractivity contribution in [2.75, 3.05) is 6.54 Å². The molecule has 0 saturated carbocycles. The molecule has 2 unspecified atom stereocenters. The van der Waals surface area contributed by atoms with Gasteiger partial charge in [-0.2, -0.15) is 0 Å². The van der Waals surface area contributed by atoms with Gasteiger partial charge in [0.25, 0.3) is 0 Å². The van der Waals surface area contributed by atoms with Crippen molar-refractivity contribution in [1.29, 1.82) is 0 Å². The van der Waals surface area contributed by atoms with Crippen LogP contribution in [0.25, 0.3) is 0 Å². The van der Waals surface area contributed by atoms with Crippen molar-refractivity contribution in [3.05, 3.63) is 82.9 Å². The molecule has 1 saturated heterocycles. The van der Waals surface area contributed by atoms with Gasteiger partial charge in [0, 0.05) is 10.9 Å². The molecule has 3 nitrogen and oxygen atoms in total. The molecule has 1 fully saturated rings. The lowest BCUT2D eigenvalue weighted by Crippen LogP contribution is -2.33. The molecule has 2 aromatic rings. The summed E-state index contributed by atoms with van der Waals surface area (Å²) in [6, 6.07) is 17.9. The van der Waals surface area contributed by atoms with Gasteiger partial charge in [-0.15, -0.1) is 6.58 Å². The fraction of sp³-hybridized carbons (Fsp3) is 0.250. The highest BCUT2D eigenvalue weighted by molar-refractivity contribution is 9.10. The largest absolute Gasteiger partial charge is 0.436 e. The molecular formula is C20H20BrNO2. The van der Waals surface area contributed by atoms with Crippen LogP contribution in [-0.2, 0) is 10.3 Å². The number of benzene rings is 2. The molecule has 4 heteroatoms. The average molecular weight is 386 g/mol. The van der Waals surface area contributed by atoms with Crippen molar-refractivity contribution in [2.45, 2.75) is 25.0 Å². The first kappa shape index (κ1) is 16.8. The quantitative estimate of drug-likeness (QED) is 0.641. The number of hydrogen-bond donors (Lipinski definition) is 0. The van der Waals surface area contributed by atoms with E-state index in [1.165, 1.54) is 0 Å². The Kier molecular flexibility index (Phi) is 4.76. The van der Waals surface area contributed by atoms with E-state index in [4.69, 9.17) is 4.74 Å². The van der Waals surface area contributed by atoms with Gasteiger partial charge in [-0.3, -0.25) is 4.90 Å². The van der Waals surface area contributed by atoms with Crippen LogP contribution in [0.4, 0.5) is 4.79 Å². The summed E-state index contributed by atoms with van der Waals surface area (Å²) in [5, 5.41) is 0. The minimum absolute atomic E-state index is 0.0546. The summed E-state index contributed by atoms with van der Waals surface area (Å²) in [5.74, 6) is 0. The Hall–Kier alpha value is -2.07. The van der Waals surface area contributed by atoms with Gasteiger partial charge in [0.2, 0.25) is 0 Å². The number of carbonyl (C=O) groups is 1. The number of amides is 1. The number of hydrogen-bond acceptors (Lipinski definition) is 2. The Morgan fingerprint density at radius 3 is 2.54 bits per heavy atom. The first-order valence-corrected chi connectivity index (χ1v) is 8.76. The van der Waals surface area contributed by atoms with Crippen LogP contribution in [0.1, 0.15) is 30.5 Å². The average Bonchev–Trinajstić information content (AvgIpc) is 2.94. The topological polar surface area (TPSA) is 29.5 Å². The van der Waals surface area contributed by atoms with E-state index in [0.717, 1.165) is 15.6 Å². The number of carbonyl (C=O) groups excluding carboxylic acids is 1. The van der Waals surface area contributed by atoms with Crippen LogP contribution in [0.5, 0.6) is 0 Å². The summed E-state index contributed by atoms with van der Waals surface area (Å²) >= 11 is 3.44. The van der Waals surface area contributed by atoms with Crippen LogP contribution in [0.15, 0.2) is 71.7 Å². The normalized spacial score (nSPS) is 21.4. The summed E-state index contributed by atoms with van der Waals surface area (Å²) in [5.41, 5.74) is 1.42. The first-order valence-electron chi connectivity index (χ1n) is 7.97. The highest BCUT2D eigenvalue weighted by Crippen LogP contribution is 2.40. The third kappa shape index (κ3) is 3.11. The van der Waals surface area contributed by atoms with Crippen molar-refractivity contribution >= 4 is 22.0 Å². The van der Waals surface area contributed by atoms with Crippen LogP contribution < -0.4 is 0 Å². The maximum Gasteiger partial charge on any atom is 0.411 e. The molecule has 124 valence electrons. The smallest absolute Gasteiger partial charge is 0.411 e. The predicted octanol–water partition coefficient (Wildman–Crippen LogP) is 5.43. The van der Waals surface area contributed by atoms with Gasteiger partial charge in [-0.1, -0.05) is 64.5 Å². The monoisotopic (exact) mass is 385 g/mol. The molecule has 1 heterocycles.